The minimum atomic E-state index is 1.18. The standard InChI is InChI=1S/C15H29Br/c1-2-3-4-5-6-7-8-9-10-11-12-13-14-15-16/h5-6H,2-4,7-15H2,1H3. The summed E-state index contributed by atoms with van der Waals surface area (Å²) in [5.74, 6) is 0. The third kappa shape index (κ3) is 14.2. The Kier molecular flexibility index (Phi) is 15.4. The lowest BCUT2D eigenvalue weighted by Gasteiger charge is -1.99. The highest BCUT2D eigenvalue weighted by atomic mass is 79.9. The van der Waals surface area contributed by atoms with Crippen LogP contribution < -0.4 is 0 Å². The molecule has 0 aliphatic heterocycles. The predicted molar refractivity (Wildman–Crippen MR) is 79.4 cm³/mol. The van der Waals surface area contributed by atoms with E-state index in [0.29, 0.717) is 0 Å². The quantitative estimate of drug-likeness (QED) is 0.226. The maximum Gasteiger partial charge on any atom is 0.00313 e. The largest absolute Gasteiger partial charge is 0.0928 e. The second-order valence-electron chi connectivity index (χ2n) is 4.57. The molecule has 0 atom stereocenters. The van der Waals surface area contributed by atoms with E-state index in [9.17, 15) is 0 Å². The molecule has 0 aliphatic carbocycles. The Morgan fingerprint density at radius 1 is 0.688 bits per heavy atom. The topological polar surface area (TPSA) is 0 Å². The Morgan fingerprint density at radius 2 is 1.19 bits per heavy atom. The molecule has 0 amide bonds. The predicted octanol–water partition coefficient (Wildman–Crippen LogP) is 6.25. The number of unbranched alkanes of at least 4 members (excludes halogenated alkanes) is 9. The van der Waals surface area contributed by atoms with E-state index in [1.165, 1.54) is 76.0 Å². The summed E-state index contributed by atoms with van der Waals surface area (Å²) in [5.41, 5.74) is 0. The summed E-state index contributed by atoms with van der Waals surface area (Å²) >= 11 is 3.47. The normalized spacial score (nSPS) is 11.4. The van der Waals surface area contributed by atoms with Gasteiger partial charge in [0.1, 0.15) is 0 Å². The highest BCUT2D eigenvalue weighted by Gasteiger charge is 1.90. The molecule has 0 rings (SSSR count). The average Bonchev–Trinajstić information content (AvgIpc) is 2.31. The molecule has 0 aromatic rings. The summed E-state index contributed by atoms with van der Waals surface area (Å²) in [6.45, 7) is 2.25. The molecule has 0 aromatic heterocycles. The van der Waals surface area contributed by atoms with Gasteiger partial charge in [-0.3, -0.25) is 0 Å². The van der Waals surface area contributed by atoms with Gasteiger partial charge in [-0.25, -0.2) is 0 Å². The number of hydrogen-bond donors (Lipinski definition) is 0. The number of hydrogen-bond acceptors (Lipinski definition) is 0. The van der Waals surface area contributed by atoms with Crippen LogP contribution in [0.15, 0.2) is 12.2 Å². The lowest BCUT2D eigenvalue weighted by molar-refractivity contribution is 0.594. The molecular formula is C15H29Br. The van der Waals surface area contributed by atoms with E-state index in [1.54, 1.807) is 0 Å². The van der Waals surface area contributed by atoms with E-state index in [1.807, 2.05) is 0 Å². The molecule has 0 saturated heterocycles. The van der Waals surface area contributed by atoms with Crippen LogP contribution in [0.4, 0.5) is 0 Å². The van der Waals surface area contributed by atoms with E-state index >= 15 is 0 Å². The van der Waals surface area contributed by atoms with Crippen molar-refractivity contribution in [2.24, 2.45) is 0 Å². The van der Waals surface area contributed by atoms with Gasteiger partial charge in [-0.2, -0.15) is 0 Å². The van der Waals surface area contributed by atoms with Crippen molar-refractivity contribution >= 4 is 15.9 Å². The molecule has 0 aromatic carbocycles. The van der Waals surface area contributed by atoms with E-state index in [-0.39, 0.29) is 0 Å². The molecule has 0 bridgehead atoms. The van der Waals surface area contributed by atoms with Gasteiger partial charge in [0, 0.05) is 5.33 Å². The third-order valence-electron chi connectivity index (χ3n) is 2.90. The van der Waals surface area contributed by atoms with Gasteiger partial charge in [0.25, 0.3) is 0 Å². The molecule has 0 aliphatic rings. The van der Waals surface area contributed by atoms with Gasteiger partial charge in [-0.15, -0.1) is 0 Å². The van der Waals surface area contributed by atoms with Gasteiger partial charge in [-0.05, 0) is 25.7 Å². The van der Waals surface area contributed by atoms with Crippen LogP contribution in [0.1, 0.15) is 77.6 Å². The molecular weight excluding hydrogens is 260 g/mol. The van der Waals surface area contributed by atoms with Crippen LogP contribution in [0.3, 0.4) is 0 Å². The van der Waals surface area contributed by atoms with Crippen molar-refractivity contribution in [2.75, 3.05) is 5.33 Å². The molecule has 1 heteroatoms. The van der Waals surface area contributed by atoms with E-state index < -0.39 is 0 Å². The van der Waals surface area contributed by atoms with Crippen molar-refractivity contribution in [1.29, 1.82) is 0 Å². The number of rotatable bonds is 12. The summed E-state index contributed by atoms with van der Waals surface area (Å²) < 4.78 is 0. The molecule has 16 heavy (non-hydrogen) atoms. The van der Waals surface area contributed by atoms with Crippen molar-refractivity contribution < 1.29 is 0 Å². The maximum atomic E-state index is 3.47. The Labute approximate surface area is 111 Å². The Hall–Kier alpha value is 0.220. The van der Waals surface area contributed by atoms with Gasteiger partial charge in [0.2, 0.25) is 0 Å². The summed E-state index contributed by atoms with van der Waals surface area (Å²) in [6.07, 6.45) is 19.8. The van der Waals surface area contributed by atoms with Gasteiger partial charge in [0.05, 0.1) is 0 Å². The van der Waals surface area contributed by atoms with Crippen LogP contribution in [0.2, 0.25) is 0 Å². The maximum absolute atomic E-state index is 3.47. The number of alkyl halides is 1. The van der Waals surface area contributed by atoms with Gasteiger partial charge in [-0.1, -0.05) is 80.0 Å². The average molecular weight is 289 g/mol. The molecule has 0 spiro atoms. The molecule has 0 fully saturated rings. The van der Waals surface area contributed by atoms with E-state index in [0.717, 1.165) is 0 Å². The minimum absolute atomic E-state index is 1.18. The Balaban J connectivity index is 2.95. The fourth-order valence-electron chi connectivity index (χ4n) is 1.80. The molecule has 0 nitrogen and oxygen atoms in total. The third-order valence-corrected chi connectivity index (χ3v) is 3.46. The van der Waals surface area contributed by atoms with Crippen LogP contribution in [0.25, 0.3) is 0 Å². The van der Waals surface area contributed by atoms with Crippen molar-refractivity contribution in [3.8, 4) is 0 Å². The van der Waals surface area contributed by atoms with Gasteiger partial charge < -0.3 is 0 Å². The van der Waals surface area contributed by atoms with Gasteiger partial charge >= 0.3 is 0 Å². The molecule has 0 radical (unpaired) electrons. The first-order valence-electron chi connectivity index (χ1n) is 7.12. The van der Waals surface area contributed by atoms with E-state index in [4.69, 9.17) is 0 Å². The minimum Gasteiger partial charge on any atom is -0.0928 e. The second-order valence-corrected chi connectivity index (χ2v) is 5.36. The van der Waals surface area contributed by atoms with Crippen LogP contribution in [0.5, 0.6) is 0 Å². The van der Waals surface area contributed by atoms with Crippen LogP contribution in [-0.4, -0.2) is 5.33 Å². The lowest BCUT2D eigenvalue weighted by atomic mass is 10.1. The molecule has 0 saturated carbocycles. The van der Waals surface area contributed by atoms with Gasteiger partial charge in [0.15, 0.2) is 0 Å². The number of allylic oxidation sites excluding steroid dienone is 2. The molecule has 96 valence electrons. The summed E-state index contributed by atoms with van der Waals surface area (Å²) in [7, 11) is 0. The first-order chi connectivity index (χ1) is 7.91. The Bertz CT molecular complexity index is 140. The SMILES string of the molecule is CCCCC=CCCCCCCCCCBr. The highest BCUT2D eigenvalue weighted by molar-refractivity contribution is 9.09. The zero-order chi connectivity index (χ0) is 11.9. The fraction of sp³-hybridized carbons (Fsp3) is 0.867. The summed E-state index contributed by atoms with van der Waals surface area (Å²) in [4.78, 5) is 0. The van der Waals surface area contributed by atoms with Crippen molar-refractivity contribution in [2.45, 2.75) is 77.6 Å². The Morgan fingerprint density at radius 3 is 1.75 bits per heavy atom. The van der Waals surface area contributed by atoms with Crippen LogP contribution in [-0.2, 0) is 0 Å². The van der Waals surface area contributed by atoms with Crippen molar-refractivity contribution in [3.63, 3.8) is 0 Å². The van der Waals surface area contributed by atoms with Crippen LogP contribution >= 0.6 is 15.9 Å². The second kappa shape index (κ2) is 15.2. The lowest BCUT2D eigenvalue weighted by Crippen LogP contribution is -1.80. The first-order valence-corrected chi connectivity index (χ1v) is 8.25. The molecule has 0 heterocycles. The zero-order valence-corrected chi connectivity index (χ0v) is 12.6. The zero-order valence-electron chi connectivity index (χ0n) is 11.0. The summed E-state index contributed by atoms with van der Waals surface area (Å²) in [5, 5.41) is 1.18. The highest BCUT2D eigenvalue weighted by Crippen LogP contribution is 2.09. The van der Waals surface area contributed by atoms with E-state index in [2.05, 4.69) is 35.0 Å². The first kappa shape index (κ1) is 16.2. The van der Waals surface area contributed by atoms with Crippen molar-refractivity contribution in [1.82, 2.24) is 0 Å². The fourth-order valence-corrected chi connectivity index (χ4v) is 2.19. The van der Waals surface area contributed by atoms with Crippen LogP contribution in [0, 0.1) is 0 Å². The summed E-state index contributed by atoms with van der Waals surface area (Å²) in [6, 6.07) is 0. The smallest absolute Gasteiger partial charge is 0.00313 e. The molecule has 0 unspecified atom stereocenters. The molecule has 0 N–H and O–H groups in total. The number of halogens is 1. The van der Waals surface area contributed by atoms with Crippen molar-refractivity contribution in [3.05, 3.63) is 12.2 Å². The monoisotopic (exact) mass is 288 g/mol.